The molecule has 1 rings (SSSR count). The zero-order chi connectivity index (χ0) is 12.0. The van der Waals surface area contributed by atoms with Crippen molar-refractivity contribution < 1.29 is 4.39 Å². The maximum absolute atomic E-state index is 12.9. The molecule has 90 valence electrons. The highest BCUT2D eigenvalue weighted by Crippen LogP contribution is 2.16. The molecular weight excluding hydrogens is 227 g/mol. The van der Waals surface area contributed by atoms with Crippen LogP contribution in [-0.2, 0) is 6.54 Å². The number of nitrogens with zero attached hydrogens (tertiary/aromatic N) is 1. The van der Waals surface area contributed by atoms with Crippen molar-refractivity contribution >= 4 is 11.6 Å². The van der Waals surface area contributed by atoms with Gasteiger partial charge in [0, 0.05) is 19.6 Å². The summed E-state index contributed by atoms with van der Waals surface area (Å²) in [7, 11) is 2.04. The highest BCUT2D eigenvalue weighted by atomic mass is 35.5. The number of hydrogen-bond donors (Lipinski definition) is 1. The van der Waals surface area contributed by atoms with Crippen LogP contribution in [0.4, 0.5) is 4.39 Å². The number of halogens is 2. The van der Waals surface area contributed by atoms with Crippen LogP contribution in [0.25, 0.3) is 0 Å². The van der Waals surface area contributed by atoms with Gasteiger partial charge in [-0.3, -0.25) is 0 Å². The van der Waals surface area contributed by atoms with Gasteiger partial charge in [-0.15, -0.1) is 0 Å². The molecule has 0 amide bonds. The van der Waals surface area contributed by atoms with Crippen LogP contribution < -0.4 is 5.32 Å². The van der Waals surface area contributed by atoms with E-state index in [0.717, 1.165) is 31.7 Å². The van der Waals surface area contributed by atoms with Gasteiger partial charge < -0.3 is 10.2 Å². The van der Waals surface area contributed by atoms with Crippen molar-refractivity contribution in [3.63, 3.8) is 0 Å². The average molecular weight is 245 g/mol. The number of rotatable bonds is 6. The van der Waals surface area contributed by atoms with Crippen molar-refractivity contribution in [2.24, 2.45) is 0 Å². The van der Waals surface area contributed by atoms with E-state index in [1.165, 1.54) is 6.07 Å². The normalized spacial score (nSPS) is 11.1. The molecule has 0 saturated heterocycles. The Hall–Kier alpha value is -0.640. The van der Waals surface area contributed by atoms with E-state index in [0.29, 0.717) is 0 Å². The predicted octanol–water partition coefficient (Wildman–Crippen LogP) is 2.52. The SMILES string of the molecule is CCNCCN(C)Cc1ccc(F)c(Cl)c1. The molecule has 1 N–H and O–H groups in total. The molecule has 0 saturated carbocycles. The van der Waals surface area contributed by atoms with Crippen LogP contribution >= 0.6 is 11.6 Å². The summed E-state index contributed by atoms with van der Waals surface area (Å²) in [6, 6.07) is 4.86. The first-order valence-corrected chi connectivity index (χ1v) is 5.84. The molecule has 2 nitrogen and oxygen atoms in total. The van der Waals surface area contributed by atoms with Gasteiger partial charge in [-0.2, -0.15) is 0 Å². The van der Waals surface area contributed by atoms with Crippen molar-refractivity contribution in [2.75, 3.05) is 26.7 Å². The number of benzene rings is 1. The second kappa shape index (κ2) is 6.84. The Morgan fingerprint density at radius 3 is 2.81 bits per heavy atom. The third-order valence-electron chi connectivity index (χ3n) is 2.36. The summed E-state index contributed by atoms with van der Waals surface area (Å²) in [5.41, 5.74) is 1.03. The van der Waals surface area contributed by atoms with Crippen molar-refractivity contribution in [1.29, 1.82) is 0 Å². The lowest BCUT2D eigenvalue weighted by atomic mass is 10.2. The van der Waals surface area contributed by atoms with Gasteiger partial charge in [0.1, 0.15) is 5.82 Å². The summed E-state index contributed by atoms with van der Waals surface area (Å²) < 4.78 is 12.9. The third-order valence-corrected chi connectivity index (χ3v) is 2.65. The molecule has 0 atom stereocenters. The molecule has 4 heteroatoms. The molecule has 1 aromatic carbocycles. The van der Waals surface area contributed by atoms with Crippen LogP contribution in [0.1, 0.15) is 12.5 Å². The van der Waals surface area contributed by atoms with E-state index in [1.807, 2.05) is 7.05 Å². The molecule has 0 aliphatic rings. The van der Waals surface area contributed by atoms with Crippen LogP contribution in [0, 0.1) is 5.82 Å². The van der Waals surface area contributed by atoms with Gasteiger partial charge in [0.25, 0.3) is 0 Å². The van der Waals surface area contributed by atoms with Crippen molar-refractivity contribution in [3.05, 3.63) is 34.6 Å². The highest BCUT2D eigenvalue weighted by Gasteiger charge is 2.03. The Morgan fingerprint density at radius 1 is 1.44 bits per heavy atom. The Balaban J connectivity index is 2.43. The van der Waals surface area contributed by atoms with E-state index < -0.39 is 0 Å². The summed E-state index contributed by atoms with van der Waals surface area (Å²) >= 11 is 5.72. The van der Waals surface area contributed by atoms with Gasteiger partial charge in [-0.05, 0) is 31.3 Å². The van der Waals surface area contributed by atoms with Crippen molar-refractivity contribution in [1.82, 2.24) is 10.2 Å². The molecule has 0 spiro atoms. The molecule has 0 heterocycles. The molecule has 0 bridgehead atoms. The number of likely N-dealkylation sites (N-methyl/N-ethyl adjacent to an activating group) is 2. The lowest BCUT2D eigenvalue weighted by Gasteiger charge is -2.16. The lowest BCUT2D eigenvalue weighted by Crippen LogP contribution is -2.28. The van der Waals surface area contributed by atoms with Crippen LogP contribution in [0.5, 0.6) is 0 Å². The highest BCUT2D eigenvalue weighted by molar-refractivity contribution is 6.30. The Labute approximate surface area is 101 Å². The summed E-state index contributed by atoms with van der Waals surface area (Å²) in [5.74, 6) is -0.360. The molecule has 0 aromatic heterocycles. The monoisotopic (exact) mass is 244 g/mol. The minimum absolute atomic E-state index is 0.192. The van der Waals surface area contributed by atoms with E-state index >= 15 is 0 Å². The van der Waals surface area contributed by atoms with E-state index in [-0.39, 0.29) is 10.8 Å². The predicted molar refractivity (Wildman–Crippen MR) is 66.3 cm³/mol. The van der Waals surface area contributed by atoms with Gasteiger partial charge in [0.05, 0.1) is 5.02 Å². The van der Waals surface area contributed by atoms with Gasteiger partial charge in [-0.1, -0.05) is 24.6 Å². The number of nitrogens with one attached hydrogen (secondary N) is 1. The Kier molecular flexibility index (Phi) is 5.74. The van der Waals surface area contributed by atoms with Crippen LogP contribution in [0.3, 0.4) is 0 Å². The van der Waals surface area contributed by atoms with E-state index in [9.17, 15) is 4.39 Å². The summed E-state index contributed by atoms with van der Waals surface area (Å²) in [5, 5.41) is 3.45. The summed E-state index contributed by atoms with van der Waals surface area (Å²) in [4.78, 5) is 2.17. The fraction of sp³-hybridized carbons (Fsp3) is 0.500. The Morgan fingerprint density at radius 2 is 2.19 bits per heavy atom. The van der Waals surface area contributed by atoms with E-state index in [4.69, 9.17) is 11.6 Å². The molecule has 0 aliphatic carbocycles. The third kappa shape index (κ3) is 4.47. The van der Waals surface area contributed by atoms with Crippen LogP contribution in [-0.4, -0.2) is 31.6 Å². The molecule has 0 unspecified atom stereocenters. The quantitative estimate of drug-likeness (QED) is 0.774. The molecular formula is C12H18ClFN2. The topological polar surface area (TPSA) is 15.3 Å². The van der Waals surface area contributed by atoms with Gasteiger partial charge in [0.15, 0.2) is 0 Å². The minimum Gasteiger partial charge on any atom is -0.316 e. The number of hydrogen-bond acceptors (Lipinski definition) is 2. The second-order valence-electron chi connectivity index (χ2n) is 3.84. The van der Waals surface area contributed by atoms with Crippen LogP contribution in [0.15, 0.2) is 18.2 Å². The van der Waals surface area contributed by atoms with Crippen LogP contribution in [0.2, 0.25) is 5.02 Å². The maximum Gasteiger partial charge on any atom is 0.141 e. The first-order valence-electron chi connectivity index (χ1n) is 5.46. The van der Waals surface area contributed by atoms with Gasteiger partial charge in [0.2, 0.25) is 0 Å². The van der Waals surface area contributed by atoms with E-state index in [1.54, 1.807) is 12.1 Å². The first kappa shape index (κ1) is 13.4. The molecule has 16 heavy (non-hydrogen) atoms. The average Bonchev–Trinajstić information content (AvgIpc) is 2.24. The maximum atomic E-state index is 12.9. The second-order valence-corrected chi connectivity index (χ2v) is 4.25. The summed E-state index contributed by atoms with van der Waals surface area (Å²) in [6.07, 6.45) is 0. The lowest BCUT2D eigenvalue weighted by molar-refractivity contribution is 0.325. The molecule has 1 aromatic rings. The fourth-order valence-electron chi connectivity index (χ4n) is 1.48. The van der Waals surface area contributed by atoms with Crippen molar-refractivity contribution in [2.45, 2.75) is 13.5 Å². The first-order chi connectivity index (χ1) is 7.63. The largest absolute Gasteiger partial charge is 0.316 e. The van der Waals surface area contributed by atoms with Gasteiger partial charge in [-0.25, -0.2) is 4.39 Å². The Bertz CT molecular complexity index is 331. The molecule has 0 aliphatic heterocycles. The van der Waals surface area contributed by atoms with Crippen molar-refractivity contribution in [3.8, 4) is 0 Å². The molecule has 0 radical (unpaired) electrons. The zero-order valence-corrected chi connectivity index (χ0v) is 10.5. The smallest absolute Gasteiger partial charge is 0.141 e. The van der Waals surface area contributed by atoms with Gasteiger partial charge >= 0.3 is 0 Å². The molecule has 0 fully saturated rings. The summed E-state index contributed by atoms with van der Waals surface area (Å²) in [6.45, 7) is 5.77. The fourth-order valence-corrected chi connectivity index (χ4v) is 1.68. The minimum atomic E-state index is -0.360. The zero-order valence-electron chi connectivity index (χ0n) is 9.76. The standard InChI is InChI=1S/C12H18ClFN2/c1-3-15-6-7-16(2)9-10-4-5-12(14)11(13)8-10/h4-5,8,15H,3,6-7,9H2,1-2H3. The van der Waals surface area contributed by atoms with E-state index in [2.05, 4.69) is 17.1 Å².